The first kappa shape index (κ1) is 17.9. The second-order valence-electron chi connectivity index (χ2n) is 5.88. The maximum absolute atomic E-state index is 12.5. The van der Waals surface area contributed by atoms with Gasteiger partial charge < -0.3 is 5.32 Å². The molecule has 0 aromatic rings. The van der Waals surface area contributed by atoms with Crippen LogP contribution in [-0.2, 0) is 10.0 Å². The van der Waals surface area contributed by atoms with E-state index in [4.69, 9.17) is 0 Å². The van der Waals surface area contributed by atoms with Crippen LogP contribution in [0, 0.1) is 5.92 Å². The van der Waals surface area contributed by atoms with E-state index in [0.29, 0.717) is 30.8 Å². The van der Waals surface area contributed by atoms with Gasteiger partial charge in [0.25, 0.3) is 0 Å². The van der Waals surface area contributed by atoms with Gasteiger partial charge in [-0.1, -0.05) is 40.0 Å². The van der Waals surface area contributed by atoms with Crippen LogP contribution in [-0.4, -0.2) is 44.2 Å². The van der Waals surface area contributed by atoms with Crippen LogP contribution in [0.3, 0.4) is 0 Å². The summed E-state index contributed by atoms with van der Waals surface area (Å²) in [6, 6.07) is 0.394. The number of nitrogens with zero attached hydrogens (tertiary/aromatic N) is 1. The van der Waals surface area contributed by atoms with Crippen molar-refractivity contribution >= 4 is 10.0 Å². The Morgan fingerprint density at radius 1 is 1.20 bits per heavy atom. The van der Waals surface area contributed by atoms with Gasteiger partial charge in [-0.15, -0.1) is 0 Å². The summed E-state index contributed by atoms with van der Waals surface area (Å²) in [5, 5.41) is 3.43. The molecular weight excluding hydrogens is 272 g/mol. The summed E-state index contributed by atoms with van der Waals surface area (Å²) >= 11 is 0. The maximum Gasteiger partial charge on any atom is 0.214 e. The second kappa shape index (κ2) is 9.00. The quantitative estimate of drug-likeness (QED) is 0.712. The van der Waals surface area contributed by atoms with Gasteiger partial charge in [0.05, 0.1) is 5.75 Å². The number of hydrogen-bond acceptors (Lipinski definition) is 3. The summed E-state index contributed by atoms with van der Waals surface area (Å²) < 4.78 is 26.6. The third-order valence-corrected chi connectivity index (χ3v) is 6.44. The third kappa shape index (κ3) is 5.70. The van der Waals surface area contributed by atoms with Gasteiger partial charge in [-0.25, -0.2) is 12.7 Å². The molecule has 1 fully saturated rings. The minimum absolute atomic E-state index is 0.290. The average molecular weight is 305 g/mol. The average Bonchev–Trinajstić information content (AvgIpc) is 2.47. The Bertz CT molecular complexity index is 347. The first-order valence-electron chi connectivity index (χ1n) is 8.24. The molecule has 0 aliphatic carbocycles. The Labute approximate surface area is 125 Å². The van der Waals surface area contributed by atoms with Crippen molar-refractivity contribution in [2.45, 2.75) is 65.3 Å². The van der Waals surface area contributed by atoms with Gasteiger partial charge in [0, 0.05) is 19.1 Å². The molecule has 0 bridgehead atoms. The molecule has 0 saturated carbocycles. The van der Waals surface area contributed by atoms with E-state index in [1.54, 1.807) is 4.31 Å². The Hall–Kier alpha value is -0.130. The van der Waals surface area contributed by atoms with E-state index in [1.165, 1.54) is 12.8 Å². The smallest absolute Gasteiger partial charge is 0.214 e. The Morgan fingerprint density at radius 2 is 1.90 bits per heavy atom. The molecule has 120 valence electrons. The van der Waals surface area contributed by atoms with Crippen LogP contribution in [0.1, 0.15) is 59.3 Å². The maximum atomic E-state index is 12.5. The molecule has 0 radical (unpaired) electrons. The number of sulfonamides is 1. The van der Waals surface area contributed by atoms with Crippen molar-refractivity contribution in [3.05, 3.63) is 0 Å². The van der Waals surface area contributed by atoms with E-state index in [-0.39, 0.29) is 0 Å². The lowest BCUT2D eigenvalue weighted by Gasteiger charge is -2.27. The van der Waals surface area contributed by atoms with E-state index in [2.05, 4.69) is 19.2 Å². The molecule has 0 amide bonds. The van der Waals surface area contributed by atoms with Gasteiger partial charge in [0.1, 0.15) is 0 Å². The number of hydrogen-bond donors (Lipinski definition) is 1. The summed E-state index contributed by atoms with van der Waals surface area (Å²) in [6.45, 7) is 8.54. The fourth-order valence-electron chi connectivity index (χ4n) is 2.86. The molecule has 1 atom stereocenters. The van der Waals surface area contributed by atoms with E-state index in [1.807, 2.05) is 6.92 Å². The third-order valence-electron chi connectivity index (χ3n) is 4.50. The topological polar surface area (TPSA) is 49.4 Å². The summed E-state index contributed by atoms with van der Waals surface area (Å²) in [5.41, 5.74) is 0. The zero-order chi connectivity index (χ0) is 15.0. The highest BCUT2D eigenvalue weighted by Gasteiger charge is 2.24. The number of piperidine rings is 1. The molecule has 1 N–H and O–H groups in total. The molecule has 0 spiro atoms. The van der Waals surface area contributed by atoms with E-state index >= 15 is 0 Å². The molecule has 1 rings (SSSR count). The minimum atomic E-state index is -3.09. The minimum Gasteiger partial charge on any atom is -0.314 e. The molecule has 0 aromatic carbocycles. The molecule has 1 saturated heterocycles. The standard InChI is InChI=1S/C15H32N2O2S/c1-4-14(5-2)13-17(6-3)20(18,19)12-10-15-9-7-8-11-16-15/h14-16H,4-13H2,1-3H3. The Balaban J connectivity index is 2.50. The van der Waals surface area contributed by atoms with Crippen molar-refractivity contribution in [1.29, 1.82) is 0 Å². The molecular formula is C15H32N2O2S. The lowest BCUT2D eigenvalue weighted by Crippen LogP contribution is -2.40. The summed E-state index contributed by atoms with van der Waals surface area (Å²) in [5.74, 6) is 0.774. The highest BCUT2D eigenvalue weighted by Crippen LogP contribution is 2.16. The molecule has 0 aromatic heterocycles. The molecule has 1 unspecified atom stereocenters. The predicted molar refractivity (Wildman–Crippen MR) is 85.4 cm³/mol. The highest BCUT2D eigenvalue weighted by atomic mass is 32.2. The van der Waals surface area contributed by atoms with Gasteiger partial charge in [0.15, 0.2) is 0 Å². The monoisotopic (exact) mass is 304 g/mol. The van der Waals surface area contributed by atoms with E-state index in [9.17, 15) is 8.42 Å². The Kier molecular flexibility index (Phi) is 8.07. The van der Waals surface area contributed by atoms with E-state index < -0.39 is 10.0 Å². The molecule has 1 heterocycles. The molecule has 20 heavy (non-hydrogen) atoms. The molecule has 1 aliphatic rings. The van der Waals surface area contributed by atoms with Crippen LogP contribution in [0.5, 0.6) is 0 Å². The van der Waals surface area contributed by atoms with Crippen molar-refractivity contribution in [3.63, 3.8) is 0 Å². The van der Waals surface area contributed by atoms with Crippen molar-refractivity contribution < 1.29 is 8.42 Å². The highest BCUT2D eigenvalue weighted by molar-refractivity contribution is 7.89. The van der Waals surface area contributed by atoms with Crippen molar-refractivity contribution in [2.75, 3.05) is 25.4 Å². The fourth-order valence-corrected chi connectivity index (χ4v) is 4.54. The van der Waals surface area contributed by atoms with Crippen LogP contribution < -0.4 is 5.32 Å². The summed E-state index contributed by atoms with van der Waals surface area (Å²) in [7, 11) is -3.09. The first-order chi connectivity index (χ1) is 9.53. The normalized spacial score (nSPS) is 20.8. The van der Waals surface area contributed by atoms with Gasteiger partial charge >= 0.3 is 0 Å². The van der Waals surface area contributed by atoms with Crippen LogP contribution in [0.15, 0.2) is 0 Å². The molecule has 1 aliphatic heterocycles. The zero-order valence-corrected chi connectivity index (χ0v) is 14.2. The summed E-state index contributed by atoms with van der Waals surface area (Å²) in [4.78, 5) is 0. The van der Waals surface area contributed by atoms with Gasteiger partial charge in [-0.05, 0) is 31.7 Å². The van der Waals surface area contributed by atoms with Crippen LogP contribution in [0.2, 0.25) is 0 Å². The van der Waals surface area contributed by atoms with Crippen LogP contribution in [0.25, 0.3) is 0 Å². The SMILES string of the molecule is CCC(CC)CN(CC)S(=O)(=O)CCC1CCCCN1. The van der Waals surface area contributed by atoms with E-state index in [0.717, 1.165) is 32.2 Å². The van der Waals surface area contributed by atoms with Gasteiger partial charge in [-0.3, -0.25) is 0 Å². The second-order valence-corrected chi connectivity index (χ2v) is 7.97. The van der Waals surface area contributed by atoms with Crippen molar-refractivity contribution in [1.82, 2.24) is 9.62 Å². The van der Waals surface area contributed by atoms with Crippen LogP contribution >= 0.6 is 0 Å². The summed E-state index contributed by atoms with van der Waals surface area (Å²) in [6.07, 6.45) is 6.41. The molecule has 4 nitrogen and oxygen atoms in total. The fraction of sp³-hybridized carbons (Fsp3) is 1.00. The van der Waals surface area contributed by atoms with Crippen LogP contribution in [0.4, 0.5) is 0 Å². The van der Waals surface area contributed by atoms with Crippen molar-refractivity contribution in [2.24, 2.45) is 5.92 Å². The lowest BCUT2D eigenvalue weighted by atomic mass is 10.0. The van der Waals surface area contributed by atoms with Gasteiger partial charge in [-0.2, -0.15) is 0 Å². The lowest BCUT2D eigenvalue weighted by molar-refractivity contribution is 0.335. The van der Waals surface area contributed by atoms with Crippen molar-refractivity contribution in [3.8, 4) is 0 Å². The predicted octanol–water partition coefficient (Wildman–Crippen LogP) is 2.61. The zero-order valence-electron chi connectivity index (χ0n) is 13.4. The first-order valence-corrected chi connectivity index (χ1v) is 9.85. The number of rotatable bonds is 9. The number of nitrogens with one attached hydrogen (secondary N) is 1. The molecule has 5 heteroatoms. The van der Waals surface area contributed by atoms with Gasteiger partial charge in [0.2, 0.25) is 10.0 Å². The largest absolute Gasteiger partial charge is 0.314 e. The Morgan fingerprint density at radius 3 is 2.40 bits per heavy atom.